The van der Waals surface area contributed by atoms with Gasteiger partial charge >= 0.3 is 5.97 Å². The Morgan fingerprint density at radius 3 is 2.58 bits per heavy atom. The molecule has 1 heterocycles. The number of hydrogen-bond donors (Lipinski definition) is 2. The average Bonchev–Trinajstić information content (AvgIpc) is 2.27. The van der Waals surface area contributed by atoms with E-state index in [-0.39, 0.29) is 13.1 Å². The molecule has 70 valence electrons. The molecule has 1 aliphatic heterocycles. The third kappa shape index (κ3) is 1.57. The summed E-state index contributed by atoms with van der Waals surface area (Å²) in [5.41, 5.74) is 0. The van der Waals surface area contributed by atoms with Crippen molar-refractivity contribution in [3.63, 3.8) is 0 Å². The third-order valence-corrected chi connectivity index (χ3v) is 3.40. The summed E-state index contributed by atoms with van der Waals surface area (Å²) in [6.07, 6.45) is 0. The topological polar surface area (TPSA) is 86.7 Å². The van der Waals surface area contributed by atoms with Crippen molar-refractivity contribution < 1.29 is 18.3 Å². The number of aliphatic carboxylic acids is 1. The average molecular weight is 194 g/mol. The smallest absolute Gasteiger partial charge is 0.321 e. The molecule has 12 heavy (non-hydrogen) atoms. The van der Waals surface area contributed by atoms with E-state index in [1.165, 1.54) is 6.92 Å². The normalized spacial score (nSPS) is 25.4. The fourth-order valence-corrected chi connectivity index (χ4v) is 2.37. The lowest BCUT2D eigenvalue weighted by Gasteiger charge is -2.17. The molecule has 1 rings (SSSR count). The van der Waals surface area contributed by atoms with Gasteiger partial charge in [-0.05, 0) is 6.92 Å². The summed E-state index contributed by atoms with van der Waals surface area (Å²) in [4.78, 5) is 10.4. The van der Waals surface area contributed by atoms with E-state index < -0.39 is 22.2 Å². The molecule has 1 saturated heterocycles. The van der Waals surface area contributed by atoms with E-state index in [4.69, 9.17) is 5.11 Å². The standard InChI is InChI=1S/C5H10N2O4S/c1-4(5(8)9)7-3-2-6-12(7,10)11/h4,6H,2-3H2,1H3,(H,8,9). The van der Waals surface area contributed by atoms with Gasteiger partial charge in [0.25, 0.3) is 10.2 Å². The second-order valence-electron chi connectivity index (χ2n) is 2.52. The summed E-state index contributed by atoms with van der Waals surface area (Å²) in [6, 6.07) is -0.995. The molecule has 1 aliphatic rings. The lowest BCUT2D eigenvalue weighted by Crippen LogP contribution is -2.41. The number of nitrogens with zero attached hydrogens (tertiary/aromatic N) is 1. The minimum Gasteiger partial charge on any atom is -0.480 e. The number of rotatable bonds is 2. The van der Waals surface area contributed by atoms with Gasteiger partial charge in [0.15, 0.2) is 0 Å². The predicted octanol–water partition coefficient (Wildman–Crippen LogP) is -1.39. The number of carboxylic acid groups (broad SMARTS) is 1. The molecule has 1 unspecified atom stereocenters. The first-order valence-corrected chi connectivity index (χ1v) is 4.88. The Morgan fingerprint density at radius 1 is 1.67 bits per heavy atom. The lowest BCUT2D eigenvalue weighted by molar-refractivity contribution is -0.140. The van der Waals surface area contributed by atoms with Crippen LogP contribution in [0, 0.1) is 0 Å². The highest BCUT2D eigenvalue weighted by Gasteiger charge is 2.35. The lowest BCUT2D eigenvalue weighted by atomic mass is 10.3. The van der Waals surface area contributed by atoms with Crippen molar-refractivity contribution in [3.05, 3.63) is 0 Å². The maximum atomic E-state index is 11.1. The van der Waals surface area contributed by atoms with Crippen LogP contribution < -0.4 is 4.72 Å². The minimum atomic E-state index is -3.53. The van der Waals surface area contributed by atoms with Gasteiger partial charge in [-0.2, -0.15) is 12.7 Å². The second-order valence-corrected chi connectivity index (χ2v) is 4.23. The molecule has 0 radical (unpaired) electrons. The maximum absolute atomic E-state index is 11.1. The van der Waals surface area contributed by atoms with Gasteiger partial charge in [0, 0.05) is 13.1 Å². The molecule has 0 aromatic carbocycles. The molecule has 1 fully saturated rings. The number of carbonyl (C=O) groups is 1. The van der Waals surface area contributed by atoms with E-state index in [0.29, 0.717) is 0 Å². The van der Waals surface area contributed by atoms with Crippen molar-refractivity contribution in [2.45, 2.75) is 13.0 Å². The van der Waals surface area contributed by atoms with Gasteiger partial charge in [-0.15, -0.1) is 0 Å². The molecular formula is C5H10N2O4S. The molecule has 7 heteroatoms. The van der Waals surface area contributed by atoms with Crippen LogP contribution in [0.3, 0.4) is 0 Å². The Balaban J connectivity index is 2.83. The van der Waals surface area contributed by atoms with Gasteiger partial charge in [0.05, 0.1) is 0 Å². The Morgan fingerprint density at radius 2 is 2.25 bits per heavy atom. The van der Waals surface area contributed by atoms with Gasteiger partial charge in [-0.25, -0.2) is 4.72 Å². The minimum absolute atomic E-state index is 0.218. The first-order chi connectivity index (χ1) is 5.45. The summed E-state index contributed by atoms with van der Waals surface area (Å²) in [5, 5.41) is 8.54. The largest absolute Gasteiger partial charge is 0.480 e. The highest BCUT2D eigenvalue weighted by Crippen LogP contribution is 2.09. The molecular weight excluding hydrogens is 184 g/mol. The van der Waals surface area contributed by atoms with Crippen LogP contribution in [-0.4, -0.2) is 42.9 Å². The summed E-state index contributed by atoms with van der Waals surface area (Å²) in [6.45, 7) is 1.84. The maximum Gasteiger partial charge on any atom is 0.321 e. The van der Waals surface area contributed by atoms with Crippen molar-refractivity contribution in [1.82, 2.24) is 9.03 Å². The fourth-order valence-electron chi connectivity index (χ4n) is 1.01. The van der Waals surface area contributed by atoms with Crippen LogP contribution in [0.2, 0.25) is 0 Å². The summed E-state index contributed by atoms with van der Waals surface area (Å²) in [5.74, 6) is -1.14. The number of nitrogens with one attached hydrogen (secondary N) is 1. The molecule has 0 aliphatic carbocycles. The molecule has 0 amide bonds. The number of carboxylic acids is 1. The molecule has 0 aromatic heterocycles. The Kier molecular flexibility index (Phi) is 2.36. The van der Waals surface area contributed by atoms with Crippen LogP contribution in [0.1, 0.15) is 6.92 Å². The van der Waals surface area contributed by atoms with Crippen molar-refractivity contribution in [1.29, 1.82) is 0 Å². The highest BCUT2D eigenvalue weighted by atomic mass is 32.2. The Hall–Kier alpha value is -0.660. The monoisotopic (exact) mass is 194 g/mol. The second kappa shape index (κ2) is 3.00. The first-order valence-electron chi connectivity index (χ1n) is 3.44. The van der Waals surface area contributed by atoms with Crippen LogP contribution in [-0.2, 0) is 15.0 Å². The van der Waals surface area contributed by atoms with Crippen molar-refractivity contribution >= 4 is 16.2 Å². The zero-order valence-electron chi connectivity index (χ0n) is 6.52. The Bertz CT molecular complexity index is 286. The summed E-state index contributed by atoms with van der Waals surface area (Å²) in [7, 11) is -3.53. The highest BCUT2D eigenvalue weighted by molar-refractivity contribution is 7.87. The van der Waals surface area contributed by atoms with E-state index in [9.17, 15) is 13.2 Å². The van der Waals surface area contributed by atoms with Gasteiger partial charge < -0.3 is 5.11 Å². The van der Waals surface area contributed by atoms with E-state index in [1.54, 1.807) is 0 Å². The van der Waals surface area contributed by atoms with Crippen LogP contribution in [0.15, 0.2) is 0 Å². The van der Waals surface area contributed by atoms with Crippen LogP contribution >= 0.6 is 0 Å². The molecule has 0 saturated carbocycles. The zero-order chi connectivity index (χ0) is 9.35. The van der Waals surface area contributed by atoms with Crippen molar-refractivity contribution in [3.8, 4) is 0 Å². The first kappa shape index (κ1) is 9.43. The molecule has 1 atom stereocenters. The van der Waals surface area contributed by atoms with Gasteiger partial charge in [0.2, 0.25) is 0 Å². The molecule has 0 spiro atoms. The fraction of sp³-hybridized carbons (Fsp3) is 0.800. The molecule has 0 aromatic rings. The van der Waals surface area contributed by atoms with Crippen LogP contribution in [0.5, 0.6) is 0 Å². The van der Waals surface area contributed by atoms with Crippen LogP contribution in [0.4, 0.5) is 0 Å². The quantitative estimate of drug-likeness (QED) is 0.566. The van der Waals surface area contributed by atoms with Crippen LogP contribution in [0.25, 0.3) is 0 Å². The molecule has 6 nitrogen and oxygen atoms in total. The van der Waals surface area contributed by atoms with E-state index in [0.717, 1.165) is 4.31 Å². The van der Waals surface area contributed by atoms with E-state index >= 15 is 0 Å². The third-order valence-electron chi connectivity index (χ3n) is 1.71. The molecule has 0 bridgehead atoms. The van der Waals surface area contributed by atoms with Gasteiger partial charge in [0.1, 0.15) is 6.04 Å². The van der Waals surface area contributed by atoms with Crippen molar-refractivity contribution in [2.24, 2.45) is 0 Å². The van der Waals surface area contributed by atoms with Gasteiger partial charge in [-0.3, -0.25) is 4.79 Å². The predicted molar refractivity (Wildman–Crippen MR) is 40.7 cm³/mol. The number of hydrogen-bond acceptors (Lipinski definition) is 3. The SMILES string of the molecule is CC(C(=O)O)N1CCNS1(=O)=O. The van der Waals surface area contributed by atoms with Crippen molar-refractivity contribution in [2.75, 3.05) is 13.1 Å². The van der Waals surface area contributed by atoms with Gasteiger partial charge in [-0.1, -0.05) is 0 Å². The van der Waals surface area contributed by atoms with E-state index in [1.807, 2.05) is 0 Å². The van der Waals surface area contributed by atoms with E-state index in [2.05, 4.69) is 4.72 Å². The summed E-state index contributed by atoms with van der Waals surface area (Å²) >= 11 is 0. The Labute approximate surface area is 70.4 Å². The molecule has 2 N–H and O–H groups in total. The zero-order valence-corrected chi connectivity index (χ0v) is 7.34. The summed E-state index contributed by atoms with van der Waals surface area (Å²) < 4.78 is 25.3.